The van der Waals surface area contributed by atoms with Gasteiger partial charge in [-0.15, -0.1) is 0 Å². The van der Waals surface area contributed by atoms with Crippen LogP contribution in [-0.2, 0) is 9.47 Å². The Morgan fingerprint density at radius 3 is 2.83 bits per heavy atom. The standard InChI is InChI=1S/C19H31N3O2/c1-3-20-19(21-12-14-23-4-2)22-15-17-11-8-13-24-18(17)16-9-6-5-7-10-16/h5-7,9-10,17-18H,3-4,8,11-15H2,1-2H3,(H2,20,21,22). The zero-order valence-electron chi connectivity index (χ0n) is 15.0. The van der Waals surface area contributed by atoms with Gasteiger partial charge in [-0.3, -0.25) is 4.99 Å². The van der Waals surface area contributed by atoms with E-state index in [0.717, 1.165) is 51.6 Å². The van der Waals surface area contributed by atoms with Gasteiger partial charge in [0.05, 0.1) is 12.7 Å². The molecule has 5 heteroatoms. The molecule has 134 valence electrons. The molecule has 1 fully saturated rings. The van der Waals surface area contributed by atoms with E-state index in [2.05, 4.69) is 41.8 Å². The zero-order valence-corrected chi connectivity index (χ0v) is 15.0. The average molecular weight is 333 g/mol. The van der Waals surface area contributed by atoms with Crippen molar-refractivity contribution in [1.82, 2.24) is 10.6 Å². The molecule has 0 aliphatic carbocycles. The molecule has 2 unspecified atom stereocenters. The van der Waals surface area contributed by atoms with Gasteiger partial charge in [-0.05, 0) is 32.3 Å². The Morgan fingerprint density at radius 2 is 2.08 bits per heavy atom. The maximum Gasteiger partial charge on any atom is 0.191 e. The number of nitrogens with zero attached hydrogens (tertiary/aromatic N) is 1. The van der Waals surface area contributed by atoms with Gasteiger partial charge in [0.1, 0.15) is 0 Å². The van der Waals surface area contributed by atoms with Crippen molar-refractivity contribution in [1.29, 1.82) is 0 Å². The van der Waals surface area contributed by atoms with Gasteiger partial charge >= 0.3 is 0 Å². The monoisotopic (exact) mass is 333 g/mol. The lowest BCUT2D eigenvalue weighted by molar-refractivity contribution is -0.0250. The number of hydrogen-bond acceptors (Lipinski definition) is 3. The summed E-state index contributed by atoms with van der Waals surface area (Å²) in [6, 6.07) is 10.5. The second kappa shape index (κ2) is 11.0. The predicted octanol–water partition coefficient (Wildman–Crippen LogP) is 2.75. The number of aliphatic imine (C=N–C) groups is 1. The molecule has 1 aliphatic heterocycles. The Bertz CT molecular complexity index is 479. The summed E-state index contributed by atoms with van der Waals surface area (Å²) in [5.41, 5.74) is 1.26. The van der Waals surface area contributed by atoms with E-state index in [1.807, 2.05) is 13.0 Å². The van der Waals surface area contributed by atoms with E-state index in [1.165, 1.54) is 5.56 Å². The smallest absolute Gasteiger partial charge is 0.191 e. The second-order valence-electron chi connectivity index (χ2n) is 5.95. The summed E-state index contributed by atoms with van der Waals surface area (Å²) in [6.45, 7) is 8.75. The first-order chi connectivity index (χ1) is 11.8. The third-order valence-electron chi connectivity index (χ3n) is 4.14. The van der Waals surface area contributed by atoms with E-state index in [1.54, 1.807) is 0 Å². The summed E-state index contributed by atoms with van der Waals surface area (Å²) in [6.07, 6.45) is 2.41. The van der Waals surface area contributed by atoms with Crippen LogP contribution in [0, 0.1) is 5.92 Å². The highest BCUT2D eigenvalue weighted by atomic mass is 16.5. The minimum Gasteiger partial charge on any atom is -0.380 e. The number of hydrogen-bond donors (Lipinski definition) is 2. The molecule has 2 rings (SSSR count). The molecule has 0 amide bonds. The van der Waals surface area contributed by atoms with Crippen LogP contribution >= 0.6 is 0 Å². The van der Waals surface area contributed by atoms with Gasteiger partial charge < -0.3 is 20.1 Å². The first-order valence-electron chi connectivity index (χ1n) is 9.11. The fraction of sp³-hybridized carbons (Fsp3) is 0.632. The SMILES string of the molecule is CCNC(=NCC1CCCOC1c1ccccc1)NCCOCC. The van der Waals surface area contributed by atoms with E-state index < -0.39 is 0 Å². The number of guanidine groups is 1. The van der Waals surface area contributed by atoms with Crippen LogP contribution in [0.3, 0.4) is 0 Å². The molecule has 0 spiro atoms. The molecule has 0 bridgehead atoms. The van der Waals surface area contributed by atoms with Crippen LogP contribution in [0.5, 0.6) is 0 Å². The minimum atomic E-state index is 0.148. The molecule has 5 nitrogen and oxygen atoms in total. The minimum absolute atomic E-state index is 0.148. The molecule has 1 aromatic rings. The second-order valence-corrected chi connectivity index (χ2v) is 5.95. The van der Waals surface area contributed by atoms with E-state index >= 15 is 0 Å². The third kappa shape index (κ3) is 6.13. The van der Waals surface area contributed by atoms with Crippen LogP contribution in [0.25, 0.3) is 0 Å². The molecule has 0 radical (unpaired) electrons. The van der Waals surface area contributed by atoms with Gasteiger partial charge in [-0.2, -0.15) is 0 Å². The van der Waals surface area contributed by atoms with Crippen molar-refractivity contribution < 1.29 is 9.47 Å². The van der Waals surface area contributed by atoms with Crippen LogP contribution in [0.1, 0.15) is 38.4 Å². The lowest BCUT2D eigenvalue weighted by Crippen LogP contribution is -2.39. The van der Waals surface area contributed by atoms with E-state index in [4.69, 9.17) is 14.5 Å². The summed E-state index contributed by atoms with van der Waals surface area (Å²) < 4.78 is 11.4. The Kier molecular flexibility index (Phi) is 8.63. The largest absolute Gasteiger partial charge is 0.380 e. The fourth-order valence-corrected chi connectivity index (χ4v) is 2.98. The maximum absolute atomic E-state index is 6.05. The molecule has 1 aliphatic rings. The molecule has 24 heavy (non-hydrogen) atoms. The molecular weight excluding hydrogens is 302 g/mol. The molecule has 1 saturated heterocycles. The van der Waals surface area contributed by atoms with Crippen molar-refractivity contribution in [2.24, 2.45) is 10.9 Å². The number of benzene rings is 1. The highest BCUT2D eigenvalue weighted by molar-refractivity contribution is 5.79. The molecule has 2 N–H and O–H groups in total. The topological polar surface area (TPSA) is 54.9 Å². The van der Waals surface area contributed by atoms with Crippen molar-refractivity contribution >= 4 is 5.96 Å². The molecule has 0 aromatic heterocycles. The Balaban J connectivity index is 1.94. The predicted molar refractivity (Wildman–Crippen MR) is 98.3 cm³/mol. The summed E-state index contributed by atoms with van der Waals surface area (Å²) in [5, 5.41) is 6.62. The summed E-state index contributed by atoms with van der Waals surface area (Å²) in [5.74, 6) is 1.28. The fourth-order valence-electron chi connectivity index (χ4n) is 2.98. The molecule has 1 heterocycles. The highest BCUT2D eigenvalue weighted by Gasteiger charge is 2.27. The van der Waals surface area contributed by atoms with Gasteiger partial charge in [0.2, 0.25) is 0 Å². The van der Waals surface area contributed by atoms with Crippen LogP contribution in [0.2, 0.25) is 0 Å². The quantitative estimate of drug-likeness (QED) is 0.436. The summed E-state index contributed by atoms with van der Waals surface area (Å²) in [7, 11) is 0. The molecule has 2 atom stereocenters. The molecule has 1 aromatic carbocycles. The Morgan fingerprint density at radius 1 is 1.25 bits per heavy atom. The molecule has 0 saturated carbocycles. The maximum atomic E-state index is 6.05. The van der Waals surface area contributed by atoms with Crippen molar-refractivity contribution in [3.05, 3.63) is 35.9 Å². The van der Waals surface area contributed by atoms with Crippen LogP contribution in [-0.4, -0.2) is 45.4 Å². The van der Waals surface area contributed by atoms with Gasteiger partial charge in [0, 0.05) is 38.8 Å². The highest BCUT2D eigenvalue weighted by Crippen LogP contribution is 2.33. The van der Waals surface area contributed by atoms with Crippen molar-refractivity contribution in [3.63, 3.8) is 0 Å². The van der Waals surface area contributed by atoms with Crippen LogP contribution in [0.4, 0.5) is 0 Å². The zero-order chi connectivity index (χ0) is 17.0. The summed E-state index contributed by atoms with van der Waals surface area (Å²) >= 11 is 0. The average Bonchev–Trinajstić information content (AvgIpc) is 2.64. The van der Waals surface area contributed by atoms with E-state index in [0.29, 0.717) is 12.5 Å². The first kappa shape index (κ1) is 18.7. The van der Waals surface area contributed by atoms with Gasteiger partial charge in [0.25, 0.3) is 0 Å². The van der Waals surface area contributed by atoms with Crippen molar-refractivity contribution in [3.8, 4) is 0 Å². The summed E-state index contributed by atoms with van der Waals surface area (Å²) in [4.78, 5) is 4.77. The Hall–Kier alpha value is -1.59. The first-order valence-corrected chi connectivity index (χ1v) is 9.11. The lowest BCUT2D eigenvalue weighted by atomic mass is 9.89. The normalized spacial score (nSPS) is 21.5. The van der Waals surface area contributed by atoms with Gasteiger partial charge in [-0.1, -0.05) is 30.3 Å². The van der Waals surface area contributed by atoms with Crippen molar-refractivity contribution in [2.45, 2.75) is 32.8 Å². The number of ether oxygens (including phenoxy) is 2. The van der Waals surface area contributed by atoms with Crippen LogP contribution < -0.4 is 10.6 Å². The van der Waals surface area contributed by atoms with E-state index in [9.17, 15) is 0 Å². The van der Waals surface area contributed by atoms with E-state index in [-0.39, 0.29) is 6.10 Å². The Labute approximate surface area is 145 Å². The van der Waals surface area contributed by atoms with Gasteiger partial charge in [-0.25, -0.2) is 0 Å². The van der Waals surface area contributed by atoms with Crippen LogP contribution in [0.15, 0.2) is 35.3 Å². The number of rotatable bonds is 8. The van der Waals surface area contributed by atoms with Crippen molar-refractivity contribution in [2.75, 3.05) is 39.5 Å². The lowest BCUT2D eigenvalue weighted by Gasteiger charge is -2.31. The van der Waals surface area contributed by atoms with Gasteiger partial charge in [0.15, 0.2) is 5.96 Å². The third-order valence-corrected chi connectivity index (χ3v) is 4.14. The number of nitrogens with one attached hydrogen (secondary N) is 2. The molecular formula is C19H31N3O2.